The number of aromatic nitrogens is 1. The number of anilines is 1. The molecule has 152 valence electrons. The van der Waals surface area contributed by atoms with Crippen LogP contribution in [0.25, 0.3) is 17.0 Å². The zero-order valence-corrected chi connectivity index (χ0v) is 17.4. The highest BCUT2D eigenvalue weighted by Gasteiger charge is 2.23. The van der Waals surface area contributed by atoms with Gasteiger partial charge >= 0.3 is 0 Å². The molecule has 0 spiro atoms. The molecule has 1 saturated heterocycles. The highest BCUT2D eigenvalue weighted by Crippen LogP contribution is 2.29. The van der Waals surface area contributed by atoms with Crippen molar-refractivity contribution in [2.24, 2.45) is 0 Å². The van der Waals surface area contributed by atoms with Gasteiger partial charge in [-0.05, 0) is 37.3 Å². The first-order valence-corrected chi connectivity index (χ1v) is 11.1. The van der Waals surface area contributed by atoms with E-state index >= 15 is 0 Å². The lowest BCUT2D eigenvalue weighted by atomic mass is 10.1. The van der Waals surface area contributed by atoms with Crippen LogP contribution in [0, 0.1) is 18.3 Å². The molecule has 0 amide bonds. The molecule has 4 rings (SSSR count). The second kappa shape index (κ2) is 8.27. The van der Waals surface area contributed by atoms with E-state index in [0.717, 1.165) is 16.5 Å². The molecule has 0 N–H and O–H groups in total. The summed E-state index contributed by atoms with van der Waals surface area (Å²) in [7, 11) is -3.94. The van der Waals surface area contributed by atoms with Crippen LogP contribution in [0.2, 0.25) is 0 Å². The molecule has 0 saturated carbocycles. The van der Waals surface area contributed by atoms with E-state index in [9.17, 15) is 13.7 Å². The summed E-state index contributed by atoms with van der Waals surface area (Å²) in [4.78, 5) is 6.63. The average Bonchev–Trinajstić information content (AvgIpc) is 2.77. The van der Waals surface area contributed by atoms with E-state index < -0.39 is 9.84 Å². The van der Waals surface area contributed by atoms with Crippen LogP contribution in [0.1, 0.15) is 11.1 Å². The van der Waals surface area contributed by atoms with Gasteiger partial charge in [0.15, 0.2) is 0 Å². The van der Waals surface area contributed by atoms with E-state index in [4.69, 9.17) is 9.72 Å². The molecule has 1 fully saturated rings. The summed E-state index contributed by atoms with van der Waals surface area (Å²) in [6.07, 6.45) is 1.43. The predicted molar refractivity (Wildman–Crippen MR) is 117 cm³/mol. The molecule has 1 aliphatic rings. The van der Waals surface area contributed by atoms with Gasteiger partial charge in [0, 0.05) is 24.0 Å². The van der Waals surface area contributed by atoms with Gasteiger partial charge in [-0.15, -0.1) is 0 Å². The standard InChI is InChI=1S/C23H21N3O3S/c1-17-6-8-20(9-7-17)30(27,28)21(16-24)15-19-14-18-4-2-3-5-22(18)25-23(19)26-10-12-29-13-11-26/h2-9,14-15H,10-13H2,1H3/b21-15+. The third kappa shape index (κ3) is 3.92. The second-order valence-corrected chi connectivity index (χ2v) is 9.05. The Morgan fingerprint density at radius 1 is 1.13 bits per heavy atom. The van der Waals surface area contributed by atoms with Crippen molar-refractivity contribution in [1.29, 1.82) is 5.26 Å². The first kappa shape index (κ1) is 20.1. The van der Waals surface area contributed by atoms with Crippen molar-refractivity contribution in [3.63, 3.8) is 0 Å². The van der Waals surface area contributed by atoms with Crippen LogP contribution in [0.5, 0.6) is 0 Å². The Balaban J connectivity index is 1.86. The molecule has 3 aromatic rings. The van der Waals surface area contributed by atoms with Crippen molar-refractivity contribution in [3.05, 3.63) is 70.6 Å². The van der Waals surface area contributed by atoms with Crippen molar-refractivity contribution in [1.82, 2.24) is 4.98 Å². The third-order valence-electron chi connectivity index (χ3n) is 5.06. The number of benzene rings is 2. The van der Waals surface area contributed by atoms with E-state index in [-0.39, 0.29) is 9.80 Å². The van der Waals surface area contributed by atoms with Gasteiger partial charge in [-0.25, -0.2) is 13.4 Å². The number of nitrogens with zero attached hydrogens (tertiary/aromatic N) is 3. The Labute approximate surface area is 176 Å². The van der Waals surface area contributed by atoms with Gasteiger partial charge < -0.3 is 9.64 Å². The summed E-state index contributed by atoms with van der Waals surface area (Å²) >= 11 is 0. The van der Waals surface area contributed by atoms with Gasteiger partial charge in [-0.2, -0.15) is 5.26 Å². The Kier molecular flexibility index (Phi) is 5.53. The van der Waals surface area contributed by atoms with Crippen molar-refractivity contribution in [2.45, 2.75) is 11.8 Å². The van der Waals surface area contributed by atoms with Gasteiger partial charge in [0.2, 0.25) is 9.84 Å². The van der Waals surface area contributed by atoms with E-state index in [1.165, 1.54) is 18.2 Å². The number of morpholine rings is 1. The number of fused-ring (bicyclic) bond motifs is 1. The predicted octanol–water partition coefficient (Wildman–Crippen LogP) is 3.72. The Morgan fingerprint density at radius 3 is 2.53 bits per heavy atom. The van der Waals surface area contributed by atoms with Crippen LogP contribution in [0.15, 0.2) is 64.4 Å². The molecule has 2 aromatic carbocycles. The van der Waals surface area contributed by atoms with E-state index in [0.29, 0.717) is 37.7 Å². The van der Waals surface area contributed by atoms with Gasteiger partial charge in [-0.1, -0.05) is 35.9 Å². The molecule has 2 heterocycles. The first-order valence-electron chi connectivity index (χ1n) is 9.65. The van der Waals surface area contributed by atoms with Crippen LogP contribution in [0.4, 0.5) is 5.82 Å². The summed E-state index contributed by atoms with van der Waals surface area (Å²) in [6, 6.07) is 17.9. The monoisotopic (exact) mass is 419 g/mol. The first-order chi connectivity index (χ1) is 14.5. The topological polar surface area (TPSA) is 83.3 Å². The summed E-state index contributed by atoms with van der Waals surface area (Å²) in [5.41, 5.74) is 2.36. The number of aryl methyl sites for hydroxylation is 1. The van der Waals surface area contributed by atoms with Crippen LogP contribution in [-0.4, -0.2) is 39.7 Å². The molecule has 6 nitrogen and oxygen atoms in total. The molecule has 0 aliphatic carbocycles. The Bertz CT molecular complexity index is 1250. The number of pyridine rings is 1. The summed E-state index contributed by atoms with van der Waals surface area (Å²) in [5.74, 6) is 0.656. The lowest BCUT2D eigenvalue weighted by Crippen LogP contribution is -2.37. The highest BCUT2D eigenvalue weighted by molar-refractivity contribution is 7.95. The average molecular weight is 420 g/mol. The number of nitriles is 1. The largest absolute Gasteiger partial charge is 0.378 e. The number of hydrogen-bond acceptors (Lipinski definition) is 6. The zero-order valence-electron chi connectivity index (χ0n) is 16.6. The van der Waals surface area contributed by atoms with Gasteiger partial charge in [0.1, 0.15) is 16.8 Å². The molecule has 0 radical (unpaired) electrons. The molecule has 0 atom stereocenters. The fraction of sp³-hybridized carbons (Fsp3) is 0.217. The van der Waals surface area contributed by atoms with Gasteiger partial charge in [0.05, 0.1) is 23.6 Å². The summed E-state index contributed by atoms with van der Waals surface area (Å²) < 4.78 is 31.6. The molecule has 0 unspecified atom stereocenters. The second-order valence-electron chi connectivity index (χ2n) is 7.13. The van der Waals surface area contributed by atoms with Gasteiger partial charge in [-0.3, -0.25) is 0 Å². The van der Waals surface area contributed by atoms with E-state index in [1.807, 2.05) is 43.3 Å². The zero-order chi connectivity index (χ0) is 21.1. The SMILES string of the molecule is Cc1ccc(S(=O)(=O)/C(C#N)=C/c2cc3ccccc3nc2N2CCOCC2)cc1. The van der Waals surface area contributed by atoms with Crippen molar-refractivity contribution in [3.8, 4) is 6.07 Å². The van der Waals surface area contributed by atoms with Crippen LogP contribution < -0.4 is 4.90 Å². The third-order valence-corrected chi connectivity index (χ3v) is 6.74. The number of rotatable bonds is 4. The van der Waals surface area contributed by atoms with Crippen LogP contribution in [-0.2, 0) is 14.6 Å². The molecule has 30 heavy (non-hydrogen) atoms. The van der Waals surface area contributed by atoms with Crippen molar-refractivity contribution in [2.75, 3.05) is 31.2 Å². The molecule has 1 aliphatic heterocycles. The van der Waals surface area contributed by atoms with Crippen molar-refractivity contribution >= 4 is 32.6 Å². The summed E-state index contributed by atoms with van der Waals surface area (Å²) in [6.45, 7) is 4.33. The van der Waals surface area contributed by atoms with E-state index in [2.05, 4.69) is 4.90 Å². The minimum absolute atomic E-state index is 0.0996. The molecule has 7 heteroatoms. The summed E-state index contributed by atoms with van der Waals surface area (Å²) in [5, 5.41) is 10.6. The number of sulfone groups is 1. The quantitative estimate of drug-likeness (QED) is 0.600. The normalized spacial score (nSPS) is 15.2. The lowest BCUT2D eigenvalue weighted by molar-refractivity contribution is 0.122. The van der Waals surface area contributed by atoms with Gasteiger partial charge in [0.25, 0.3) is 0 Å². The number of allylic oxidation sites excluding steroid dienone is 1. The molecular weight excluding hydrogens is 398 g/mol. The van der Waals surface area contributed by atoms with Crippen LogP contribution in [0.3, 0.4) is 0 Å². The Morgan fingerprint density at radius 2 is 1.83 bits per heavy atom. The minimum atomic E-state index is -3.94. The van der Waals surface area contributed by atoms with Crippen LogP contribution >= 0.6 is 0 Å². The Hall–Kier alpha value is -3.21. The maximum atomic E-state index is 13.1. The highest BCUT2D eigenvalue weighted by atomic mass is 32.2. The van der Waals surface area contributed by atoms with Crippen molar-refractivity contribution < 1.29 is 13.2 Å². The molecular formula is C23H21N3O3S. The fourth-order valence-corrected chi connectivity index (χ4v) is 4.56. The number of para-hydroxylation sites is 1. The maximum Gasteiger partial charge on any atom is 0.216 e. The molecule has 1 aromatic heterocycles. The minimum Gasteiger partial charge on any atom is -0.378 e. The maximum absolute atomic E-state index is 13.1. The van der Waals surface area contributed by atoms with E-state index in [1.54, 1.807) is 12.1 Å². The lowest BCUT2D eigenvalue weighted by Gasteiger charge is -2.29. The molecule has 0 bridgehead atoms. The smallest absolute Gasteiger partial charge is 0.216 e. The fourth-order valence-electron chi connectivity index (χ4n) is 3.41. The number of hydrogen-bond donors (Lipinski definition) is 0. The number of ether oxygens (including phenoxy) is 1.